The molecule has 1 aromatic heterocycles. The van der Waals surface area contributed by atoms with Crippen LogP contribution in [-0.4, -0.2) is 21.9 Å². The van der Waals surface area contributed by atoms with Crippen molar-refractivity contribution in [1.82, 2.24) is 15.2 Å². The third kappa shape index (κ3) is 3.40. The van der Waals surface area contributed by atoms with Gasteiger partial charge in [0.25, 0.3) is 5.91 Å². The molecule has 0 radical (unpaired) electrons. The molecule has 0 fully saturated rings. The molecule has 0 aliphatic carbocycles. The molecule has 1 N–H and O–H groups in total. The van der Waals surface area contributed by atoms with Gasteiger partial charge in [-0.05, 0) is 25.1 Å². The first kappa shape index (κ1) is 15.5. The van der Waals surface area contributed by atoms with Crippen molar-refractivity contribution in [2.45, 2.75) is 6.92 Å². The van der Waals surface area contributed by atoms with Crippen molar-refractivity contribution < 1.29 is 9.18 Å². The van der Waals surface area contributed by atoms with Gasteiger partial charge in [0.2, 0.25) is 5.95 Å². The molecule has 0 unspecified atom stereocenters. The summed E-state index contributed by atoms with van der Waals surface area (Å²) in [6, 6.07) is 4.44. The van der Waals surface area contributed by atoms with Gasteiger partial charge in [0.15, 0.2) is 0 Å². The Labute approximate surface area is 130 Å². The number of carbonyl (C=O) groups excluding carboxylic acids is 1. The van der Waals surface area contributed by atoms with E-state index in [9.17, 15) is 9.18 Å². The maximum absolute atomic E-state index is 13.6. The lowest BCUT2D eigenvalue weighted by Crippen LogP contribution is -2.17. The average Bonchev–Trinajstić information content (AvgIpc) is 2.68. The first-order valence-electron chi connectivity index (χ1n) is 5.87. The standard InChI is InChI=1S/C13H11Cl2FN4O/c1-7-9(12(16)20(2)19-7)6-17-18-13(21)8-3-4-10(14)11(15)5-8/h3-6H,1-2H3,(H,18,21)/b17-6-. The molecule has 2 aromatic rings. The van der Waals surface area contributed by atoms with Crippen molar-refractivity contribution in [3.05, 3.63) is 51.0 Å². The van der Waals surface area contributed by atoms with Crippen LogP contribution in [0.1, 0.15) is 21.6 Å². The zero-order valence-electron chi connectivity index (χ0n) is 11.2. The molecular weight excluding hydrogens is 318 g/mol. The minimum atomic E-state index is -0.528. The van der Waals surface area contributed by atoms with Crippen LogP contribution >= 0.6 is 23.2 Å². The van der Waals surface area contributed by atoms with E-state index in [1.807, 2.05) is 0 Å². The van der Waals surface area contributed by atoms with Crippen LogP contribution in [0.15, 0.2) is 23.3 Å². The highest BCUT2D eigenvalue weighted by atomic mass is 35.5. The summed E-state index contributed by atoms with van der Waals surface area (Å²) in [4.78, 5) is 11.8. The Bertz CT molecular complexity index is 727. The van der Waals surface area contributed by atoms with Crippen molar-refractivity contribution in [2.75, 3.05) is 0 Å². The summed E-state index contributed by atoms with van der Waals surface area (Å²) in [5.41, 5.74) is 3.27. The molecule has 0 bridgehead atoms. The van der Waals surface area contributed by atoms with E-state index in [2.05, 4.69) is 15.6 Å². The molecule has 1 aromatic carbocycles. The quantitative estimate of drug-likeness (QED) is 0.695. The van der Waals surface area contributed by atoms with Crippen LogP contribution in [0.5, 0.6) is 0 Å². The molecule has 0 atom stereocenters. The Hall–Kier alpha value is -1.92. The molecular formula is C13H11Cl2FN4O. The highest BCUT2D eigenvalue weighted by molar-refractivity contribution is 6.42. The Morgan fingerprint density at radius 3 is 2.71 bits per heavy atom. The Kier molecular flexibility index (Phi) is 4.59. The number of aryl methyl sites for hydroxylation is 2. The number of rotatable bonds is 3. The summed E-state index contributed by atoms with van der Waals surface area (Å²) in [5.74, 6) is -1.01. The third-order valence-corrected chi connectivity index (χ3v) is 3.48. The maximum Gasteiger partial charge on any atom is 0.271 e. The third-order valence-electron chi connectivity index (χ3n) is 2.74. The Morgan fingerprint density at radius 2 is 2.14 bits per heavy atom. The molecule has 8 heteroatoms. The summed E-state index contributed by atoms with van der Waals surface area (Å²) in [7, 11) is 1.48. The highest BCUT2D eigenvalue weighted by Gasteiger charge is 2.11. The predicted octanol–water partition coefficient (Wildman–Crippen LogP) is 2.94. The van der Waals surface area contributed by atoms with E-state index in [1.54, 1.807) is 6.92 Å². The van der Waals surface area contributed by atoms with Gasteiger partial charge in [-0.2, -0.15) is 14.6 Å². The van der Waals surface area contributed by atoms with E-state index in [0.717, 1.165) is 4.68 Å². The van der Waals surface area contributed by atoms with E-state index in [4.69, 9.17) is 23.2 Å². The van der Waals surface area contributed by atoms with Gasteiger partial charge in [-0.25, -0.2) is 10.1 Å². The lowest BCUT2D eigenvalue weighted by molar-refractivity contribution is 0.0955. The zero-order chi connectivity index (χ0) is 15.6. The van der Waals surface area contributed by atoms with E-state index < -0.39 is 11.9 Å². The first-order valence-corrected chi connectivity index (χ1v) is 6.63. The second-order valence-electron chi connectivity index (χ2n) is 4.24. The van der Waals surface area contributed by atoms with Crippen molar-refractivity contribution in [3.8, 4) is 0 Å². The molecule has 1 amide bonds. The molecule has 0 aliphatic rings. The summed E-state index contributed by atoms with van der Waals surface area (Å²) in [6.07, 6.45) is 1.20. The van der Waals surface area contributed by atoms with E-state index in [-0.39, 0.29) is 10.6 Å². The predicted molar refractivity (Wildman–Crippen MR) is 79.4 cm³/mol. The molecule has 5 nitrogen and oxygen atoms in total. The van der Waals surface area contributed by atoms with Gasteiger partial charge >= 0.3 is 0 Å². The fraction of sp³-hybridized carbons (Fsp3) is 0.154. The molecule has 0 saturated carbocycles. The number of halogens is 3. The van der Waals surface area contributed by atoms with Gasteiger partial charge < -0.3 is 0 Å². The number of benzene rings is 1. The minimum Gasteiger partial charge on any atom is -0.267 e. The van der Waals surface area contributed by atoms with Crippen LogP contribution in [0.2, 0.25) is 10.0 Å². The number of hydrogen-bond donors (Lipinski definition) is 1. The molecule has 0 spiro atoms. The van der Waals surface area contributed by atoms with Gasteiger partial charge in [-0.3, -0.25) is 4.79 Å². The lowest BCUT2D eigenvalue weighted by atomic mass is 10.2. The van der Waals surface area contributed by atoms with Crippen molar-refractivity contribution >= 4 is 35.3 Å². The smallest absolute Gasteiger partial charge is 0.267 e. The Balaban J connectivity index is 2.10. The van der Waals surface area contributed by atoms with Crippen LogP contribution in [0.25, 0.3) is 0 Å². The Morgan fingerprint density at radius 1 is 1.43 bits per heavy atom. The van der Waals surface area contributed by atoms with Gasteiger partial charge in [-0.1, -0.05) is 23.2 Å². The number of carbonyl (C=O) groups is 1. The summed E-state index contributed by atoms with van der Waals surface area (Å²) in [6.45, 7) is 1.64. The van der Waals surface area contributed by atoms with Crippen LogP contribution in [0, 0.1) is 12.9 Å². The van der Waals surface area contributed by atoms with Gasteiger partial charge in [0.1, 0.15) is 0 Å². The summed E-state index contributed by atoms with van der Waals surface area (Å²) in [5, 5.41) is 8.22. The zero-order valence-corrected chi connectivity index (χ0v) is 12.7. The normalized spacial score (nSPS) is 11.1. The average molecular weight is 329 g/mol. The molecule has 1 heterocycles. The summed E-state index contributed by atoms with van der Waals surface area (Å²) >= 11 is 11.6. The number of hydrogen-bond acceptors (Lipinski definition) is 3. The minimum absolute atomic E-state index is 0.215. The maximum atomic E-state index is 13.6. The number of hydrazone groups is 1. The van der Waals surface area contributed by atoms with Crippen LogP contribution < -0.4 is 5.43 Å². The van der Waals surface area contributed by atoms with Gasteiger partial charge in [-0.15, -0.1) is 0 Å². The monoisotopic (exact) mass is 328 g/mol. The number of nitrogens with zero attached hydrogens (tertiary/aromatic N) is 3. The molecule has 2 rings (SSSR count). The van der Waals surface area contributed by atoms with Crippen LogP contribution in [0.4, 0.5) is 4.39 Å². The second kappa shape index (κ2) is 6.24. The van der Waals surface area contributed by atoms with E-state index >= 15 is 0 Å². The fourth-order valence-electron chi connectivity index (χ4n) is 1.65. The fourth-order valence-corrected chi connectivity index (χ4v) is 1.95. The lowest BCUT2D eigenvalue weighted by Gasteiger charge is -2.01. The van der Waals surface area contributed by atoms with E-state index in [0.29, 0.717) is 16.3 Å². The molecule has 0 saturated heterocycles. The largest absolute Gasteiger partial charge is 0.271 e. The van der Waals surface area contributed by atoms with Crippen LogP contribution in [0.3, 0.4) is 0 Å². The van der Waals surface area contributed by atoms with E-state index in [1.165, 1.54) is 31.5 Å². The van der Waals surface area contributed by atoms with Crippen molar-refractivity contribution in [1.29, 1.82) is 0 Å². The van der Waals surface area contributed by atoms with Gasteiger partial charge in [0.05, 0.1) is 27.5 Å². The molecule has 0 aliphatic heterocycles. The number of nitrogens with one attached hydrogen (secondary N) is 1. The SMILES string of the molecule is Cc1nn(C)c(F)c1/C=N\NC(=O)c1ccc(Cl)c(Cl)c1. The molecule has 21 heavy (non-hydrogen) atoms. The number of amides is 1. The van der Waals surface area contributed by atoms with Crippen LogP contribution in [-0.2, 0) is 7.05 Å². The van der Waals surface area contributed by atoms with Gasteiger partial charge in [0, 0.05) is 12.6 Å². The number of aromatic nitrogens is 2. The first-order chi connectivity index (χ1) is 9.90. The second-order valence-corrected chi connectivity index (χ2v) is 5.06. The topological polar surface area (TPSA) is 59.3 Å². The molecule has 110 valence electrons. The summed E-state index contributed by atoms with van der Waals surface area (Å²) < 4.78 is 14.7. The highest BCUT2D eigenvalue weighted by Crippen LogP contribution is 2.22. The van der Waals surface area contributed by atoms with Crippen molar-refractivity contribution in [2.24, 2.45) is 12.1 Å². The van der Waals surface area contributed by atoms with Crippen molar-refractivity contribution in [3.63, 3.8) is 0 Å².